The molecule has 0 fully saturated rings. The summed E-state index contributed by atoms with van der Waals surface area (Å²) in [5, 5.41) is 0.0330. The Hall–Kier alpha value is -1.29. The van der Waals surface area contributed by atoms with E-state index in [9.17, 15) is 8.78 Å². The molecule has 0 aliphatic carbocycles. The van der Waals surface area contributed by atoms with E-state index >= 15 is 0 Å². The van der Waals surface area contributed by atoms with Gasteiger partial charge in [-0.3, -0.25) is 4.99 Å². The molecule has 1 aliphatic rings. The summed E-state index contributed by atoms with van der Waals surface area (Å²) in [5.41, 5.74) is -0.383. The van der Waals surface area contributed by atoms with E-state index in [1.54, 1.807) is 6.07 Å². The largest absolute Gasteiger partial charge is 0.312 e. The lowest BCUT2D eigenvalue weighted by Gasteiger charge is -2.13. The van der Waals surface area contributed by atoms with Crippen molar-refractivity contribution >= 4 is 17.3 Å². The van der Waals surface area contributed by atoms with Gasteiger partial charge >= 0.3 is 5.92 Å². The molecule has 1 aliphatic heterocycles. The van der Waals surface area contributed by atoms with Crippen molar-refractivity contribution in [2.75, 3.05) is 6.54 Å². The van der Waals surface area contributed by atoms with E-state index in [1.807, 2.05) is 0 Å². The Labute approximate surface area is 90.3 Å². The van der Waals surface area contributed by atoms with Crippen molar-refractivity contribution in [2.45, 2.75) is 5.92 Å². The molecular weight excluding hydrogens is 222 g/mol. The highest BCUT2D eigenvalue weighted by atomic mass is 35.5. The van der Waals surface area contributed by atoms with Gasteiger partial charge in [0.1, 0.15) is 10.9 Å². The lowest BCUT2D eigenvalue weighted by atomic mass is 10.0. The molecule has 0 amide bonds. The summed E-state index contributed by atoms with van der Waals surface area (Å²) in [6.07, 6.45) is 1.44. The fraction of sp³-hybridized carbons (Fsp3) is 0.200. The van der Waals surface area contributed by atoms with Crippen molar-refractivity contribution in [3.05, 3.63) is 41.2 Å². The number of hydrogen-bond donors (Lipinski definition) is 0. The fourth-order valence-electron chi connectivity index (χ4n) is 1.36. The van der Waals surface area contributed by atoms with Gasteiger partial charge in [0.15, 0.2) is 0 Å². The van der Waals surface area contributed by atoms with E-state index in [-0.39, 0.29) is 28.5 Å². The number of hydrogen-bond acceptors (Lipinski definition) is 2. The second-order valence-corrected chi connectivity index (χ2v) is 3.54. The van der Waals surface area contributed by atoms with Gasteiger partial charge in [0.05, 0.1) is 6.54 Å². The number of pyridine rings is 1. The number of rotatable bonds is 1. The van der Waals surface area contributed by atoms with Crippen LogP contribution in [0.15, 0.2) is 35.5 Å². The minimum Gasteiger partial charge on any atom is -0.278 e. The standard InChI is InChI=1S/C10H7ClF2N2/c1-6-5-15-8(10(6,12)13)7-3-2-4-14-9(7)11/h2-4H,1,5H2. The smallest absolute Gasteiger partial charge is 0.278 e. The summed E-state index contributed by atoms with van der Waals surface area (Å²) in [7, 11) is 0. The van der Waals surface area contributed by atoms with Gasteiger partial charge < -0.3 is 0 Å². The predicted molar refractivity (Wildman–Crippen MR) is 54.7 cm³/mol. The molecule has 0 unspecified atom stereocenters. The summed E-state index contributed by atoms with van der Waals surface area (Å²) >= 11 is 5.72. The number of halogens is 3. The molecule has 1 aromatic heterocycles. The van der Waals surface area contributed by atoms with E-state index in [4.69, 9.17) is 11.6 Å². The molecule has 0 saturated heterocycles. The van der Waals surface area contributed by atoms with Gasteiger partial charge in [-0.15, -0.1) is 0 Å². The summed E-state index contributed by atoms with van der Waals surface area (Å²) in [5.74, 6) is -3.10. The molecule has 2 nitrogen and oxygen atoms in total. The van der Waals surface area contributed by atoms with Crippen LogP contribution in [0.1, 0.15) is 5.56 Å². The molecule has 0 aromatic carbocycles. The third kappa shape index (κ3) is 1.55. The van der Waals surface area contributed by atoms with Gasteiger partial charge in [-0.2, -0.15) is 8.78 Å². The molecular formula is C10H7ClF2N2. The molecule has 5 heteroatoms. The minimum absolute atomic E-state index is 0.0330. The maximum atomic E-state index is 13.6. The van der Waals surface area contributed by atoms with E-state index in [1.165, 1.54) is 12.3 Å². The Morgan fingerprint density at radius 2 is 2.20 bits per heavy atom. The van der Waals surface area contributed by atoms with Crippen LogP contribution in [-0.2, 0) is 0 Å². The minimum atomic E-state index is -3.10. The van der Waals surface area contributed by atoms with Crippen LogP contribution >= 0.6 is 11.6 Å². The quantitative estimate of drug-likeness (QED) is 0.536. The molecule has 0 bridgehead atoms. The zero-order valence-corrected chi connectivity index (χ0v) is 8.43. The van der Waals surface area contributed by atoms with Crippen molar-refractivity contribution in [3.8, 4) is 0 Å². The first-order valence-corrected chi connectivity index (χ1v) is 4.63. The van der Waals surface area contributed by atoms with E-state index in [0.717, 1.165) is 0 Å². The Morgan fingerprint density at radius 3 is 2.73 bits per heavy atom. The van der Waals surface area contributed by atoms with Crippen molar-refractivity contribution in [3.63, 3.8) is 0 Å². The summed E-state index contributed by atoms with van der Waals surface area (Å²) in [4.78, 5) is 7.48. The Kier molecular flexibility index (Phi) is 2.31. The first-order chi connectivity index (χ1) is 7.03. The SMILES string of the molecule is C=C1CN=C(c2cccnc2Cl)C1(F)F. The lowest BCUT2D eigenvalue weighted by molar-refractivity contribution is 0.127. The number of nitrogens with zero attached hydrogens (tertiary/aromatic N) is 2. The Morgan fingerprint density at radius 1 is 1.47 bits per heavy atom. The highest BCUT2D eigenvalue weighted by molar-refractivity contribution is 6.33. The number of alkyl halides is 2. The average molecular weight is 229 g/mol. The van der Waals surface area contributed by atoms with Crippen LogP contribution in [0.4, 0.5) is 8.78 Å². The molecule has 2 heterocycles. The van der Waals surface area contributed by atoms with Crippen LogP contribution in [-0.4, -0.2) is 23.2 Å². The average Bonchev–Trinajstić information content (AvgIpc) is 2.44. The first-order valence-electron chi connectivity index (χ1n) is 4.25. The Balaban J connectivity index is 2.50. The lowest BCUT2D eigenvalue weighted by Crippen LogP contribution is -2.27. The molecule has 0 atom stereocenters. The molecule has 15 heavy (non-hydrogen) atoms. The highest BCUT2D eigenvalue weighted by Gasteiger charge is 2.44. The normalized spacial score (nSPS) is 19.1. The van der Waals surface area contributed by atoms with E-state index in [0.29, 0.717) is 0 Å². The zero-order chi connectivity index (χ0) is 11.1. The zero-order valence-electron chi connectivity index (χ0n) is 7.67. The van der Waals surface area contributed by atoms with Gasteiger partial charge in [0.25, 0.3) is 0 Å². The van der Waals surface area contributed by atoms with Crippen LogP contribution in [0.25, 0.3) is 0 Å². The van der Waals surface area contributed by atoms with E-state index < -0.39 is 5.92 Å². The van der Waals surface area contributed by atoms with Crippen LogP contribution in [0.3, 0.4) is 0 Å². The van der Waals surface area contributed by atoms with Gasteiger partial charge in [0.2, 0.25) is 0 Å². The molecule has 1 aromatic rings. The summed E-state index contributed by atoms with van der Waals surface area (Å²) in [6.45, 7) is 3.22. The molecule has 0 spiro atoms. The van der Waals surface area contributed by atoms with E-state index in [2.05, 4.69) is 16.6 Å². The van der Waals surface area contributed by atoms with Crippen LogP contribution < -0.4 is 0 Å². The Bertz CT molecular complexity index is 454. The van der Waals surface area contributed by atoms with Crippen molar-refractivity contribution < 1.29 is 8.78 Å². The molecule has 78 valence electrons. The summed E-state index contributed by atoms with van der Waals surface area (Å²) < 4.78 is 27.1. The molecule has 2 rings (SSSR count). The number of aliphatic imine (C=N–C) groups is 1. The molecule has 0 N–H and O–H groups in total. The van der Waals surface area contributed by atoms with Gasteiger partial charge in [-0.1, -0.05) is 18.2 Å². The van der Waals surface area contributed by atoms with Crippen LogP contribution in [0.2, 0.25) is 5.15 Å². The van der Waals surface area contributed by atoms with Gasteiger partial charge in [-0.05, 0) is 12.1 Å². The highest BCUT2D eigenvalue weighted by Crippen LogP contribution is 2.34. The topological polar surface area (TPSA) is 25.2 Å². The monoisotopic (exact) mass is 228 g/mol. The maximum Gasteiger partial charge on any atom is 0.312 e. The molecule has 0 radical (unpaired) electrons. The maximum absolute atomic E-state index is 13.6. The first kappa shape index (κ1) is 10.2. The fourth-order valence-corrected chi connectivity index (χ4v) is 1.57. The third-order valence-electron chi connectivity index (χ3n) is 2.18. The van der Waals surface area contributed by atoms with Gasteiger partial charge in [-0.25, -0.2) is 4.98 Å². The van der Waals surface area contributed by atoms with Crippen molar-refractivity contribution in [2.24, 2.45) is 4.99 Å². The second-order valence-electron chi connectivity index (χ2n) is 3.18. The third-order valence-corrected chi connectivity index (χ3v) is 2.48. The van der Waals surface area contributed by atoms with Crippen molar-refractivity contribution in [1.29, 1.82) is 0 Å². The summed E-state index contributed by atoms with van der Waals surface area (Å²) in [6, 6.07) is 3.02. The molecule has 0 saturated carbocycles. The van der Waals surface area contributed by atoms with Crippen LogP contribution in [0.5, 0.6) is 0 Å². The predicted octanol–water partition coefficient (Wildman–Crippen LogP) is 2.73. The number of aromatic nitrogens is 1. The van der Waals surface area contributed by atoms with Crippen molar-refractivity contribution in [1.82, 2.24) is 4.98 Å². The van der Waals surface area contributed by atoms with Crippen LogP contribution in [0, 0.1) is 0 Å². The second kappa shape index (κ2) is 3.38. The van der Waals surface area contributed by atoms with Gasteiger partial charge in [0, 0.05) is 17.3 Å².